The molecule has 1 aromatic carbocycles. The number of piperidine rings is 1. The van der Waals surface area contributed by atoms with E-state index in [1.54, 1.807) is 24.0 Å². The van der Waals surface area contributed by atoms with Gasteiger partial charge in [-0.25, -0.2) is 9.99 Å². The summed E-state index contributed by atoms with van der Waals surface area (Å²) in [6, 6.07) is 5.16. The minimum absolute atomic E-state index is 0.0840. The second-order valence-corrected chi connectivity index (χ2v) is 9.16. The van der Waals surface area contributed by atoms with E-state index >= 15 is 0 Å². The Balaban J connectivity index is 1.59. The van der Waals surface area contributed by atoms with Crippen molar-refractivity contribution in [2.24, 2.45) is 7.05 Å². The summed E-state index contributed by atoms with van der Waals surface area (Å²) in [5.74, 6) is -0.609. The van der Waals surface area contributed by atoms with Gasteiger partial charge in [0, 0.05) is 31.6 Å². The molecule has 13 heteroatoms. The number of benzene rings is 1. The van der Waals surface area contributed by atoms with Crippen LogP contribution < -0.4 is 5.73 Å². The van der Waals surface area contributed by atoms with E-state index in [2.05, 4.69) is 15.1 Å². The van der Waals surface area contributed by atoms with E-state index in [1.165, 1.54) is 22.2 Å². The van der Waals surface area contributed by atoms with Crippen LogP contribution in [-0.2, 0) is 24.6 Å². The highest BCUT2D eigenvalue weighted by Gasteiger charge is 2.33. The first-order chi connectivity index (χ1) is 17.5. The molecule has 4 heterocycles. The van der Waals surface area contributed by atoms with Crippen LogP contribution in [0.15, 0.2) is 36.7 Å². The quantitative estimate of drug-likeness (QED) is 0.419. The molecule has 0 bridgehead atoms. The number of nitrogen functional groups attached to an aromatic ring is 1. The van der Waals surface area contributed by atoms with Gasteiger partial charge < -0.3 is 5.73 Å². The Hall–Kier alpha value is -3.93. The second-order valence-electron chi connectivity index (χ2n) is 8.75. The van der Waals surface area contributed by atoms with Crippen LogP contribution in [0, 0.1) is 0 Å². The third kappa shape index (κ3) is 4.52. The highest BCUT2D eigenvalue weighted by atomic mass is 35.5. The lowest BCUT2D eigenvalue weighted by Crippen LogP contribution is -2.51. The minimum atomic E-state index is -4.54. The lowest BCUT2D eigenvalue weighted by atomic mass is 10.1. The fourth-order valence-corrected chi connectivity index (χ4v) is 4.67. The summed E-state index contributed by atoms with van der Waals surface area (Å²) in [4.78, 5) is 34.9. The highest BCUT2D eigenvalue weighted by Crippen LogP contribution is 2.33. The Morgan fingerprint density at radius 1 is 1.19 bits per heavy atom. The second kappa shape index (κ2) is 9.18. The highest BCUT2D eigenvalue weighted by molar-refractivity contribution is 6.35. The summed E-state index contributed by atoms with van der Waals surface area (Å²) >= 11 is 6.51. The van der Waals surface area contributed by atoms with Crippen molar-refractivity contribution in [1.82, 2.24) is 29.8 Å². The first kappa shape index (κ1) is 24.8. The van der Waals surface area contributed by atoms with Crippen LogP contribution in [0.4, 0.5) is 19.0 Å². The molecule has 1 saturated heterocycles. The van der Waals surface area contributed by atoms with Crippen LogP contribution in [0.2, 0.25) is 5.02 Å². The standard InChI is InChI=1S/C24H21ClF3N7O2/c1-33-21-16-8-15(18(25)9-19(16)32-22(29)17(21)11-31-33)23(37)35(34-7-3-2-4-20(34)36)12-14-6-5-13(10-30-14)24(26,27)28/h5-6,8-11H,2-4,7,12H2,1H3,(H2,29,32). The summed E-state index contributed by atoms with van der Waals surface area (Å²) < 4.78 is 40.6. The van der Waals surface area contributed by atoms with Crippen LogP contribution in [-0.4, -0.2) is 48.1 Å². The molecular formula is C24H21ClF3N7O2. The van der Waals surface area contributed by atoms with E-state index in [4.69, 9.17) is 17.3 Å². The van der Waals surface area contributed by atoms with E-state index in [0.29, 0.717) is 40.8 Å². The molecule has 0 unspecified atom stereocenters. The lowest BCUT2D eigenvalue weighted by Gasteiger charge is -2.37. The first-order valence-electron chi connectivity index (χ1n) is 11.4. The Bertz CT molecular complexity index is 1540. The van der Waals surface area contributed by atoms with Gasteiger partial charge in [-0.3, -0.25) is 24.3 Å². The summed E-state index contributed by atoms with van der Waals surface area (Å²) in [6.07, 6.45) is -0.680. The number of nitrogens with two attached hydrogens (primary N) is 1. The average molecular weight is 532 g/mol. The number of aryl methyl sites for hydroxylation is 1. The van der Waals surface area contributed by atoms with E-state index in [1.807, 2.05) is 0 Å². The van der Waals surface area contributed by atoms with Gasteiger partial charge >= 0.3 is 6.18 Å². The molecule has 1 aliphatic rings. The molecule has 1 aliphatic heterocycles. The summed E-state index contributed by atoms with van der Waals surface area (Å²) in [5.41, 5.74) is 6.54. The maximum absolute atomic E-state index is 13.9. The van der Waals surface area contributed by atoms with Gasteiger partial charge in [0.1, 0.15) is 5.82 Å². The zero-order valence-electron chi connectivity index (χ0n) is 19.6. The molecule has 9 nitrogen and oxygen atoms in total. The fourth-order valence-electron chi connectivity index (χ4n) is 4.44. The Kier molecular flexibility index (Phi) is 6.14. The normalized spacial score (nSPS) is 14.5. The molecule has 5 rings (SSSR count). The number of carbonyl (C=O) groups is 2. The molecule has 4 aromatic rings. The van der Waals surface area contributed by atoms with Gasteiger partial charge in [0.2, 0.25) is 5.91 Å². The Morgan fingerprint density at radius 3 is 2.65 bits per heavy atom. The third-order valence-corrected chi connectivity index (χ3v) is 6.63. The molecule has 2 amide bonds. The summed E-state index contributed by atoms with van der Waals surface area (Å²) in [6.45, 7) is 0.0542. The number of fused-ring (bicyclic) bond motifs is 3. The van der Waals surface area contributed by atoms with Crippen molar-refractivity contribution in [2.75, 3.05) is 12.3 Å². The van der Waals surface area contributed by atoms with Gasteiger partial charge in [0.25, 0.3) is 5.91 Å². The van der Waals surface area contributed by atoms with Crippen LogP contribution in [0.25, 0.3) is 21.8 Å². The number of carbonyl (C=O) groups excluding carboxylic acids is 2. The maximum Gasteiger partial charge on any atom is 0.417 e. The minimum Gasteiger partial charge on any atom is -0.383 e. The predicted molar refractivity (Wildman–Crippen MR) is 130 cm³/mol. The number of alkyl halides is 3. The maximum atomic E-state index is 13.9. The topological polar surface area (TPSA) is 110 Å². The Morgan fingerprint density at radius 2 is 1.97 bits per heavy atom. The molecule has 192 valence electrons. The van der Waals surface area contributed by atoms with Crippen molar-refractivity contribution in [3.63, 3.8) is 0 Å². The summed E-state index contributed by atoms with van der Waals surface area (Å²) in [7, 11) is 1.73. The third-order valence-electron chi connectivity index (χ3n) is 6.31. The van der Waals surface area contributed by atoms with Crippen LogP contribution >= 0.6 is 11.6 Å². The van der Waals surface area contributed by atoms with Gasteiger partial charge in [-0.2, -0.15) is 18.3 Å². The smallest absolute Gasteiger partial charge is 0.383 e. The number of halogens is 4. The largest absolute Gasteiger partial charge is 0.417 e. The summed E-state index contributed by atoms with van der Waals surface area (Å²) in [5, 5.41) is 8.00. The van der Waals surface area contributed by atoms with E-state index in [-0.39, 0.29) is 47.5 Å². The van der Waals surface area contributed by atoms with Gasteiger partial charge in [-0.05, 0) is 37.1 Å². The van der Waals surface area contributed by atoms with Crippen LogP contribution in [0.3, 0.4) is 0 Å². The number of hydrazine groups is 1. The van der Waals surface area contributed by atoms with Gasteiger partial charge in [-0.15, -0.1) is 0 Å². The van der Waals surface area contributed by atoms with Crippen molar-refractivity contribution in [3.8, 4) is 0 Å². The van der Waals surface area contributed by atoms with Crippen LogP contribution in [0.1, 0.15) is 40.9 Å². The molecule has 0 spiro atoms. The molecule has 0 aliphatic carbocycles. The number of anilines is 1. The van der Waals surface area contributed by atoms with Crippen molar-refractivity contribution < 1.29 is 22.8 Å². The number of pyridine rings is 2. The molecular weight excluding hydrogens is 511 g/mol. The van der Waals surface area contributed by atoms with E-state index < -0.39 is 17.6 Å². The Labute approximate surface area is 213 Å². The van der Waals surface area contributed by atoms with Gasteiger partial charge in [0.05, 0.1) is 51.0 Å². The van der Waals surface area contributed by atoms with Gasteiger partial charge in [-0.1, -0.05) is 11.6 Å². The zero-order valence-corrected chi connectivity index (χ0v) is 20.3. The molecule has 0 radical (unpaired) electrons. The zero-order chi connectivity index (χ0) is 26.5. The van der Waals surface area contributed by atoms with E-state index in [9.17, 15) is 22.8 Å². The fraction of sp³-hybridized carbons (Fsp3) is 0.292. The van der Waals surface area contributed by atoms with Crippen molar-refractivity contribution in [3.05, 3.63) is 58.5 Å². The van der Waals surface area contributed by atoms with Crippen LogP contribution in [0.5, 0.6) is 0 Å². The van der Waals surface area contributed by atoms with Crippen molar-refractivity contribution >= 4 is 51.0 Å². The molecule has 3 aromatic heterocycles. The van der Waals surface area contributed by atoms with Crippen molar-refractivity contribution in [2.45, 2.75) is 32.0 Å². The molecule has 0 saturated carbocycles. The number of nitrogens with zero attached hydrogens (tertiary/aromatic N) is 6. The number of hydrogen-bond acceptors (Lipinski definition) is 6. The van der Waals surface area contributed by atoms with Crippen molar-refractivity contribution in [1.29, 1.82) is 0 Å². The number of rotatable bonds is 4. The predicted octanol–water partition coefficient (Wildman–Crippen LogP) is 4.34. The molecule has 1 fully saturated rings. The monoisotopic (exact) mass is 531 g/mol. The number of aromatic nitrogens is 4. The molecule has 0 atom stereocenters. The molecule has 2 N–H and O–H groups in total. The average Bonchev–Trinajstić information content (AvgIpc) is 3.24. The molecule has 37 heavy (non-hydrogen) atoms. The lowest BCUT2D eigenvalue weighted by molar-refractivity contribution is -0.148. The van der Waals surface area contributed by atoms with E-state index in [0.717, 1.165) is 6.07 Å². The number of amides is 2. The van der Waals surface area contributed by atoms with Gasteiger partial charge in [0.15, 0.2) is 0 Å². The first-order valence-corrected chi connectivity index (χ1v) is 11.8. The SMILES string of the molecule is Cn1ncc2c(N)nc3cc(Cl)c(C(=O)N(Cc4ccc(C(F)(F)F)cn4)N4CCCCC4=O)cc3c21. The number of hydrogen-bond donors (Lipinski definition) is 1.